The van der Waals surface area contributed by atoms with E-state index in [1.54, 1.807) is 0 Å². The zero-order chi connectivity index (χ0) is 13.3. The lowest BCUT2D eigenvalue weighted by atomic mass is 9.96. The highest BCUT2D eigenvalue weighted by molar-refractivity contribution is 6.04. The minimum Gasteiger partial charge on any atom is -0.385 e. The lowest BCUT2D eigenvalue weighted by Gasteiger charge is -2.16. The van der Waals surface area contributed by atoms with Gasteiger partial charge in [-0.15, -0.1) is 5.10 Å². The number of nitrogens with two attached hydrogens (primary N) is 1. The van der Waals surface area contributed by atoms with Crippen LogP contribution in [0.5, 0.6) is 0 Å². The third-order valence-corrected chi connectivity index (χ3v) is 2.84. The van der Waals surface area contributed by atoms with Gasteiger partial charge in [-0.25, -0.2) is 0 Å². The Labute approximate surface area is 102 Å². The molecule has 0 bridgehead atoms. The predicted octanol–water partition coefficient (Wildman–Crippen LogP) is 2.81. The van der Waals surface area contributed by atoms with Gasteiger partial charge in [-0.1, -0.05) is 19.1 Å². The average Bonchev–Trinajstić information content (AvgIpc) is 2.32. The number of benzene rings is 1. The van der Waals surface area contributed by atoms with Gasteiger partial charge in [0.15, 0.2) is 0 Å². The van der Waals surface area contributed by atoms with E-state index in [2.05, 4.69) is 10.2 Å². The summed E-state index contributed by atoms with van der Waals surface area (Å²) in [5.41, 5.74) is 6.23. The first-order valence-electron chi connectivity index (χ1n) is 5.45. The minimum absolute atomic E-state index is 0.0554. The molecule has 18 heavy (non-hydrogen) atoms. The summed E-state index contributed by atoms with van der Waals surface area (Å²) in [5.74, 6) is 0.505. The molecule has 96 valence electrons. The molecule has 1 unspecified atom stereocenters. The molecule has 1 aromatic rings. The van der Waals surface area contributed by atoms with E-state index in [-0.39, 0.29) is 5.92 Å². The van der Waals surface area contributed by atoms with Crippen molar-refractivity contribution in [3.8, 4) is 0 Å². The zero-order valence-corrected chi connectivity index (χ0v) is 9.70. The van der Waals surface area contributed by atoms with Gasteiger partial charge < -0.3 is 5.73 Å². The number of hydrogen-bond acceptors (Lipinski definition) is 3. The molecule has 0 spiro atoms. The second-order valence-electron chi connectivity index (χ2n) is 4.25. The summed E-state index contributed by atoms with van der Waals surface area (Å²) in [7, 11) is 0. The topological polar surface area (TPSA) is 50.7 Å². The molecule has 1 heterocycles. The largest absolute Gasteiger partial charge is 0.416 e. The van der Waals surface area contributed by atoms with Crippen LogP contribution in [0.4, 0.5) is 13.2 Å². The molecular formula is C12H12F3N3. The van der Waals surface area contributed by atoms with Crippen LogP contribution in [0.2, 0.25) is 0 Å². The molecule has 0 aliphatic carbocycles. The van der Waals surface area contributed by atoms with Crippen molar-refractivity contribution in [1.29, 1.82) is 0 Å². The van der Waals surface area contributed by atoms with Gasteiger partial charge in [0.2, 0.25) is 0 Å². The van der Waals surface area contributed by atoms with E-state index in [1.165, 1.54) is 12.1 Å². The Morgan fingerprint density at radius 2 is 1.78 bits per heavy atom. The molecule has 1 aromatic carbocycles. The Morgan fingerprint density at radius 3 is 2.28 bits per heavy atom. The normalized spacial score (nSPS) is 20.3. The first-order chi connectivity index (χ1) is 8.38. The summed E-state index contributed by atoms with van der Waals surface area (Å²) in [6.07, 6.45) is -3.73. The summed E-state index contributed by atoms with van der Waals surface area (Å²) in [4.78, 5) is 0. The van der Waals surface area contributed by atoms with Gasteiger partial charge >= 0.3 is 6.18 Å². The van der Waals surface area contributed by atoms with Gasteiger partial charge in [0.1, 0.15) is 5.84 Å². The van der Waals surface area contributed by atoms with Crippen molar-refractivity contribution in [1.82, 2.24) is 0 Å². The highest BCUT2D eigenvalue weighted by Crippen LogP contribution is 2.29. The monoisotopic (exact) mass is 255 g/mol. The van der Waals surface area contributed by atoms with Crippen molar-refractivity contribution >= 4 is 11.5 Å². The van der Waals surface area contributed by atoms with E-state index < -0.39 is 11.7 Å². The predicted molar refractivity (Wildman–Crippen MR) is 63.4 cm³/mol. The Hall–Kier alpha value is -1.85. The summed E-state index contributed by atoms with van der Waals surface area (Å²) >= 11 is 0. The van der Waals surface area contributed by atoms with Crippen LogP contribution in [0.3, 0.4) is 0 Å². The van der Waals surface area contributed by atoms with Crippen molar-refractivity contribution in [2.24, 2.45) is 21.9 Å². The van der Waals surface area contributed by atoms with Crippen LogP contribution < -0.4 is 5.73 Å². The fraction of sp³-hybridized carbons (Fsp3) is 0.333. The minimum atomic E-state index is -4.32. The number of nitrogens with zero attached hydrogens (tertiary/aromatic N) is 2. The van der Waals surface area contributed by atoms with Crippen LogP contribution in [0, 0.1) is 5.92 Å². The number of alkyl halides is 3. The third-order valence-electron chi connectivity index (χ3n) is 2.84. The number of halogens is 3. The molecule has 2 N–H and O–H groups in total. The standard InChI is InChI=1S/C12H12F3N3/c1-7-6-10(17-18-11(7)16)8-2-4-9(5-3-8)12(13,14)15/h2-5,7H,6H2,1H3,(H2,16,18). The summed E-state index contributed by atoms with van der Waals surface area (Å²) in [6, 6.07) is 4.91. The highest BCUT2D eigenvalue weighted by atomic mass is 19.4. The molecule has 6 heteroatoms. The van der Waals surface area contributed by atoms with Crippen molar-refractivity contribution in [2.45, 2.75) is 19.5 Å². The fourth-order valence-corrected chi connectivity index (χ4v) is 1.68. The van der Waals surface area contributed by atoms with Crippen molar-refractivity contribution in [3.63, 3.8) is 0 Å². The maximum Gasteiger partial charge on any atom is 0.416 e. The molecule has 2 rings (SSSR count). The molecule has 3 nitrogen and oxygen atoms in total. The highest BCUT2D eigenvalue weighted by Gasteiger charge is 2.30. The molecule has 0 amide bonds. The molecule has 0 fully saturated rings. The number of hydrogen-bond donors (Lipinski definition) is 1. The van der Waals surface area contributed by atoms with E-state index >= 15 is 0 Å². The van der Waals surface area contributed by atoms with Crippen LogP contribution in [-0.4, -0.2) is 11.5 Å². The van der Waals surface area contributed by atoms with E-state index in [9.17, 15) is 13.2 Å². The SMILES string of the molecule is CC1CC(c2ccc(C(F)(F)F)cc2)=NN=C1N. The second kappa shape index (κ2) is 4.44. The molecule has 0 saturated heterocycles. The molecule has 0 aromatic heterocycles. The molecule has 1 aliphatic heterocycles. The number of amidine groups is 1. The molecule has 1 aliphatic rings. The fourth-order valence-electron chi connectivity index (χ4n) is 1.68. The van der Waals surface area contributed by atoms with E-state index in [0.29, 0.717) is 23.5 Å². The second-order valence-corrected chi connectivity index (χ2v) is 4.25. The van der Waals surface area contributed by atoms with Gasteiger partial charge in [-0.2, -0.15) is 18.3 Å². The molecule has 1 atom stereocenters. The lowest BCUT2D eigenvalue weighted by Crippen LogP contribution is -2.26. The first kappa shape index (κ1) is 12.6. The zero-order valence-electron chi connectivity index (χ0n) is 9.70. The summed E-state index contributed by atoms with van der Waals surface area (Å²) < 4.78 is 37.2. The number of rotatable bonds is 1. The average molecular weight is 255 g/mol. The maximum absolute atomic E-state index is 12.4. The van der Waals surface area contributed by atoms with Gasteiger partial charge in [0, 0.05) is 12.3 Å². The first-order valence-corrected chi connectivity index (χ1v) is 5.45. The van der Waals surface area contributed by atoms with Crippen LogP contribution in [-0.2, 0) is 6.18 Å². The van der Waals surface area contributed by atoms with Crippen molar-refractivity contribution in [3.05, 3.63) is 35.4 Å². The smallest absolute Gasteiger partial charge is 0.385 e. The Bertz CT molecular complexity index is 500. The van der Waals surface area contributed by atoms with E-state index in [0.717, 1.165) is 12.1 Å². The quantitative estimate of drug-likeness (QED) is 0.824. The van der Waals surface area contributed by atoms with Gasteiger partial charge in [-0.05, 0) is 17.7 Å². The molecule has 0 radical (unpaired) electrons. The van der Waals surface area contributed by atoms with E-state index in [1.807, 2.05) is 6.92 Å². The van der Waals surface area contributed by atoms with Gasteiger partial charge in [0.05, 0.1) is 11.3 Å². The van der Waals surface area contributed by atoms with Gasteiger partial charge in [-0.3, -0.25) is 0 Å². The Morgan fingerprint density at radius 1 is 1.17 bits per heavy atom. The van der Waals surface area contributed by atoms with E-state index in [4.69, 9.17) is 5.73 Å². The van der Waals surface area contributed by atoms with Crippen molar-refractivity contribution < 1.29 is 13.2 Å². The molecular weight excluding hydrogens is 243 g/mol. The Kier molecular flexibility index (Phi) is 3.11. The maximum atomic E-state index is 12.4. The van der Waals surface area contributed by atoms with Crippen molar-refractivity contribution in [2.75, 3.05) is 0 Å². The van der Waals surface area contributed by atoms with Crippen LogP contribution >= 0.6 is 0 Å². The third kappa shape index (κ3) is 2.52. The Balaban J connectivity index is 2.26. The van der Waals surface area contributed by atoms with Gasteiger partial charge in [0.25, 0.3) is 0 Å². The lowest BCUT2D eigenvalue weighted by molar-refractivity contribution is -0.137. The van der Waals surface area contributed by atoms with Crippen LogP contribution in [0.1, 0.15) is 24.5 Å². The molecule has 0 saturated carbocycles. The van der Waals surface area contributed by atoms with Crippen LogP contribution in [0.15, 0.2) is 34.5 Å². The summed E-state index contributed by atoms with van der Waals surface area (Å²) in [6.45, 7) is 1.90. The summed E-state index contributed by atoms with van der Waals surface area (Å²) in [5, 5.41) is 7.72. The van der Waals surface area contributed by atoms with Crippen LogP contribution in [0.25, 0.3) is 0 Å².